The average Bonchev–Trinajstić information content (AvgIpc) is 2.92. The van der Waals surface area contributed by atoms with E-state index in [0.717, 1.165) is 34.4 Å². The molecule has 0 aliphatic rings. The Balaban J connectivity index is 0.000000715. The first kappa shape index (κ1) is 33.1. The van der Waals surface area contributed by atoms with E-state index in [2.05, 4.69) is 26.2 Å². The number of amides is 1. The Bertz CT molecular complexity index is 1640. The predicted octanol–water partition coefficient (Wildman–Crippen LogP) is 5.07. The molecular weight excluding hydrogens is 646 g/mol. The van der Waals surface area contributed by atoms with Crippen molar-refractivity contribution in [2.24, 2.45) is 0 Å². The maximum absolute atomic E-state index is 11.8. The van der Waals surface area contributed by atoms with Gasteiger partial charge in [0.05, 0.1) is 25.7 Å². The van der Waals surface area contributed by atoms with Crippen molar-refractivity contribution in [1.82, 2.24) is 4.98 Å². The van der Waals surface area contributed by atoms with E-state index in [0.29, 0.717) is 16.1 Å². The van der Waals surface area contributed by atoms with Gasteiger partial charge in [-0.1, -0.05) is 72.8 Å². The molecule has 224 valence electrons. The highest BCUT2D eigenvalue weighted by atomic mass is 79.9. The maximum Gasteiger partial charge on any atom is 0.264 e. The Morgan fingerprint density at radius 2 is 1.26 bits per heavy atom. The Morgan fingerprint density at radius 1 is 0.786 bits per heavy atom. The minimum absolute atomic E-state index is 0.118. The smallest absolute Gasteiger partial charge is 0.264 e. The van der Waals surface area contributed by atoms with E-state index in [1.165, 1.54) is 6.92 Å². The van der Waals surface area contributed by atoms with Crippen LogP contribution in [0.15, 0.2) is 89.5 Å². The molecule has 1 N–H and O–H groups in total. The van der Waals surface area contributed by atoms with Crippen LogP contribution in [0.1, 0.15) is 6.92 Å². The number of carbonyl (C=O) groups is 1. The molecule has 0 atom stereocenters. The van der Waals surface area contributed by atoms with Crippen molar-refractivity contribution in [3.63, 3.8) is 0 Å². The van der Waals surface area contributed by atoms with Gasteiger partial charge in [0, 0.05) is 36.7 Å². The highest BCUT2D eigenvalue weighted by Gasteiger charge is 2.17. The molecule has 4 aromatic rings. The summed E-state index contributed by atoms with van der Waals surface area (Å²) in [5.74, 6) is 0.145. The van der Waals surface area contributed by atoms with E-state index in [4.69, 9.17) is 8.37 Å². The van der Waals surface area contributed by atoms with Crippen LogP contribution >= 0.6 is 15.9 Å². The zero-order valence-electron chi connectivity index (χ0n) is 23.4. The molecule has 4 rings (SSSR count). The van der Waals surface area contributed by atoms with Gasteiger partial charge in [0.15, 0.2) is 0 Å². The summed E-state index contributed by atoms with van der Waals surface area (Å²) in [6, 6.07) is 27.0. The number of nitrogens with zero attached hydrogens (tertiary/aromatic N) is 2. The minimum atomic E-state index is -3.63. The molecule has 42 heavy (non-hydrogen) atoms. The normalized spacial score (nSPS) is 11.4. The number of anilines is 2. The van der Waals surface area contributed by atoms with Gasteiger partial charge >= 0.3 is 0 Å². The standard InChI is InChI=1S/C23H26BrN3O7S2.C6H6/c1-16(28)25-23-21(19-6-4-5-7-20(19)22(24)26-23)17-8-10-18(11-9-17)27(12-14-33-35(2,29)30)13-15-34-36(3,31)32;1-2-4-6-5-3-1/h4-11H,12-15H2,1-3H3,(H,25,26,28);1-6H. The number of rotatable bonds is 11. The van der Waals surface area contributed by atoms with E-state index in [9.17, 15) is 21.6 Å². The molecule has 0 saturated heterocycles. The Hall–Kier alpha value is -3.36. The molecule has 10 nitrogen and oxygen atoms in total. The van der Waals surface area contributed by atoms with Crippen molar-refractivity contribution < 1.29 is 30.0 Å². The van der Waals surface area contributed by atoms with Crippen LogP contribution in [0, 0.1) is 0 Å². The maximum atomic E-state index is 11.8. The van der Waals surface area contributed by atoms with Gasteiger partial charge in [-0.2, -0.15) is 16.8 Å². The second kappa shape index (κ2) is 15.2. The SMILES string of the molecule is CC(=O)Nc1nc(Br)c2ccccc2c1-c1ccc(N(CCOS(C)(=O)=O)CCOS(C)(=O)=O)cc1.c1ccccc1. The van der Waals surface area contributed by atoms with E-state index in [-0.39, 0.29) is 32.2 Å². The van der Waals surface area contributed by atoms with Gasteiger partial charge < -0.3 is 10.2 Å². The lowest BCUT2D eigenvalue weighted by atomic mass is 9.99. The fourth-order valence-electron chi connectivity index (χ4n) is 3.96. The number of fused-ring (bicyclic) bond motifs is 1. The van der Waals surface area contributed by atoms with Crippen molar-refractivity contribution in [3.8, 4) is 11.1 Å². The predicted molar refractivity (Wildman–Crippen MR) is 169 cm³/mol. The van der Waals surface area contributed by atoms with Crippen molar-refractivity contribution in [3.05, 3.63) is 89.5 Å². The van der Waals surface area contributed by atoms with Crippen molar-refractivity contribution in [2.45, 2.75) is 6.92 Å². The Morgan fingerprint density at radius 3 is 1.71 bits per heavy atom. The summed E-state index contributed by atoms with van der Waals surface area (Å²) < 4.78 is 55.7. The fraction of sp³-hybridized carbons (Fsp3) is 0.241. The Kier molecular flexibility index (Phi) is 12.0. The molecule has 0 radical (unpaired) electrons. The third kappa shape index (κ3) is 10.8. The molecule has 0 aliphatic carbocycles. The van der Waals surface area contributed by atoms with Gasteiger partial charge in [-0.15, -0.1) is 0 Å². The first-order valence-electron chi connectivity index (χ1n) is 12.7. The number of hydrogen-bond acceptors (Lipinski definition) is 9. The molecule has 0 spiro atoms. The Labute approximate surface area is 255 Å². The summed E-state index contributed by atoms with van der Waals surface area (Å²) in [5, 5.41) is 4.55. The lowest BCUT2D eigenvalue weighted by Gasteiger charge is -2.24. The monoisotopic (exact) mass is 677 g/mol. The van der Waals surface area contributed by atoms with E-state index >= 15 is 0 Å². The second-order valence-corrected chi connectivity index (χ2v) is 13.1. The third-order valence-electron chi connectivity index (χ3n) is 5.66. The van der Waals surface area contributed by atoms with Crippen LogP contribution in [0.4, 0.5) is 11.5 Å². The topological polar surface area (TPSA) is 132 Å². The minimum Gasteiger partial charge on any atom is -0.367 e. The first-order valence-corrected chi connectivity index (χ1v) is 17.2. The van der Waals surface area contributed by atoms with Crippen molar-refractivity contribution in [2.75, 3.05) is 49.0 Å². The quantitative estimate of drug-likeness (QED) is 0.171. The number of aromatic nitrogens is 1. The molecule has 0 saturated carbocycles. The number of halogens is 1. The highest BCUT2D eigenvalue weighted by molar-refractivity contribution is 9.10. The average molecular weight is 679 g/mol. The summed E-state index contributed by atoms with van der Waals surface area (Å²) in [6.07, 6.45) is 1.92. The van der Waals surface area contributed by atoms with Crippen LogP contribution in [0.2, 0.25) is 0 Å². The van der Waals surface area contributed by atoms with E-state index in [1.54, 1.807) is 4.90 Å². The van der Waals surface area contributed by atoms with Crippen LogP contribution in [0.3, 0.4) is 0 Å². The number of benzene rings is 3. The van der Waals surface area contributed by atoms with Crippen molar-refractivity contribution in [1.29, 1.82) is 0 Å². The number of carbonyl (C=O) groups excluding carboxylic acids is 1. The largest absolute Gasteiger partial charge is 0.367 e. The van der Waals surface area contributed by atoms with Crippen LogP contribution < -0.4 is 10.2 Å². The number of pyridine rings is 1. The first-order chi connectivity index (χ1) is 19.8. The summed E-state index contributed by atoms with van der Waals surface area (Å²) in [7, 11) is -7.25. The third-order valence-corrected chi connectivity index (χ3v) is 7.46. The fourth-order valence-corrected chi connectivity index (χ4v) is 5.24. The molecule has 13 heteroatoms. The van der Waals surface area contributed by atoms with Crippen LogP contribution in [-0.4, -0.2) is 66.5 Å². The molecule has 0 bridgehead atoms. The highest BCUT2D eigenvalue weighted by Crippen LogP contribution is 2.38. The molecular formula is C29H32BrN3O7S2. The van der Waals surface area contributed by atoms with Gasteiger partial charge in [-0.25, -0.2) is 4.98 Å². The lowest BCUT2D eigenvalue weighted by molar-refractivity contribution is -0.114. The van der Waals surface area contributed by atoms with Gasteiger partial charge in [0.1, 0.15) is 10.4 Å². The second-order valence-electron chi connectivity index (χ2n) is 9.09. The zero-order chi connectivity index (χ0) is 30.8. The van der Waals surface area contributed by atoms with Crippen molar-refractivity contribution >= 4 is 64.4 Å². The van der Waals surface area contributed by atoms with E-state index in [1.807, 2.05) is 84.9 Å². The molecule has 3 aromatic carbocycles. The molecule has 0 aliphatic heterocycles. The molecule has 0 fully saturated rings. The van der Waals surface area contributed by atoms with Gasteiger partial charge in [-0.05, 0) is 39.0 Å². The van der Waals surface area contributed by atoms with E-state index < -0.39 is 20.2 Å². The van der Waals surface area contributed by atoms with Crippen LogP contribution in [0.25, 0.3) is 21.9 Å². The number of nitrogens with one attached hydrogen (secondary N) is 1. The van der Waals surface area contributed by atoms with Crippen LogP contribution in [-0.2, 0) is 33.4 Å². The molecule has 1 amide bonds. The summed E-state index contributed by atoms with van der Waals surface area (Å²) in [4.78, 5) is 18.1. The lowest BCUT2D eigenvalue weighted by Crippen LogP contribution is -2.32. The summed E-state index contributed by atoms with van der Waals surface area (Å²) in [5.41, 5.74) is 2.23. The molecule has 1 heterocycles. The molecule has 1 aromatic heterocycles. The zero-order valence-corrected chi connectivity index (χ0v) is 26.6. The van der Waals surface area contributed by atoms with Gasteiger partial charge in [-0.3, -0.25) is 13.2 Å². The van der Waals surface area contributed by atoms with Crippen LogP contribution in [0.5, 0.6) is 0 Å². The van der Waals surface area contributed by atoms with Gasteiger partial charge in [0.25, 0.3) is 20.2 Å². The molecule has 0 unspecified atom stereocenters. The van der Waals surface area contributed by atoms with Gasteiger partial charge in [0.2, 0.25) is 5.91 Å². The number of hydrogen-bond donors (Lipinski definition) is 1. The summed E-state index contributed by atoms with van der Waals surface area (Å²) >= 11 is 3.47. The summed E-state index contributed by atoms with van der Waals surface area (Å²) in [6.45, 7) is 1.53.